The van der Waals surface area contributed by atoms with Gasteiger partial charge in [-0.15, -0.1) is 0 Å². The molecule has 1 heterocycles. The summed E-state index contributed by atoms with van der Waals surface area (Å²) in [6.45, 7) is 0.313. The average molecular weight is 116 g/mol. The minimum atomic E-state index is -0.189. The van der Waals surface area contributed by atoms with Crippen molar-refractivity contribution < 1.29 is 14.9 Å². The number of rotatable bonds is 1. The monoisotopic (exact) mass is 116 g/mol. The first kappa shape index (κ1) is 5.44. The van der Waals surface area contributed by atoms with Gasteiger partial charge in [0.2, 0.25) is 0 Å². The van der Waals surface area contributed by atoms with Crippen LogP contribution in [0.4, 0.5) is 0 Å². The SMILES string of the molecule is OCC1=C(O)CCO1. The van der Waals surface area contributed by atoms with Crippen molar-refractivity contribution >= 4 is 0 Å². The van der Waals surface area contributed by atoms with Crippen molar-refractivity contribution in [2.75, 3.05) is 13.2 Å². The van der Waals surface area contributed by atoms with Gasteiger partial charge in [-0.3, -0.25) is 0 Å². The first-order chi connectivity index (χ1) is 3.84. The summed E-state index contributed by atoms with van der Waals surface area (Å²) in [5.74, 6) is 0.512. The first-order valence-corrected chi connectivity index (χ1v) is 2.49. The quantitative estimate of drug-likeness (QED) is 0.513. The molecule has 3 nitrogen and oxygen atoms in total. The molecule has 0 aromatic heterocycles. The molecule has 0 unspecified atom stereocenters. The summed E-state index contributed by atoms with van der Waals surface area (Å²) in [5, 5.41) is 17.2. The molecule has 1 aliphatic rings. The van der Waals surface area contributed by atoms with Gasteiger partial charge in [-0.2, -0.15) is 0 Å². The van der Waals surface area contributed by atoms with Crippen molar-refractivity contribution in [2.45, 2.75) is 6.42 Å². The van der Waals surface area contributed by atoms with Gasteiger partial charge in [0.15, 0.2) is 5.76 Å². The molecule has 0 bridgehead atoms. The molecule has 0 amide bonds. The molecule has 0 aromatic carbocycles. The van der Waals surface area contributed by atoms with E-state index in [0.717, 1.165) is 0 Å². The van der Waals surface area contributed by atoms with Crippen molar-refractivity contribution in [3.8, 4) is 0 Å². The summed E-state index contributed by atoms with van der Waals surface area (Å²) in [6.07, 6.45) is 0.538. The molecule has 0 fully saturated rings. The minimum absolute atomic E-state index is 0.188. The highest BCUT2D eigenvalue weighted by Gasteiger charge is 2.12. The van der Waals surface area contributed by atoms with E-state index in [2.05, 4.69) is 0 Å². The van der Waals surface area contributed by atoms with E-state index in [1.807, 2.05) is 0 Å². The maximum absolute atomic E-state index is 8.78. The van der Waals surface area contributed by atoms with Crippen LogP contribution in [0.25, 0.3) is 0 Å². The fraction of sp³-hybridized carbons (Fsp3) is 0.600. The molecule has 1 rings (SSSR count). The second-order valence-electron chi connectivity index (χ2n) is 1.63. The van der Waals surface area contributed by atoms with Crippen molar-refractivity contribution in [3.63, 3.8) is 0 Å². The lowest BCUT2D eigenvalue weighted by Gasteiger charge is -1.95. The molecule has 46 valence electrons. The molecule has 3 heteroatoms. The van der Waals surface area contributed by atoms with Crippen LogP contribution in [0.2, 0.25) is 0 Å². The van der Waals surface area contributed by atoms with Crippen LogP contribution < -0.4 is 0 Å². The number of aliphatic hydroxyl groups excluding tert-OH is 2. The molecular weight excluding hydrogens is 108 g/mol. The Kier molecular flexibility index (Phi) is 1.39. The lowest BCUT2D eigenvalue weighted by molar-refractivity contribution is 0.182. The van der Waals surface area contributed by atoms with E-state index in [1.165, 1.54) is 0 Å². The maximum atomic E-state index is 8.78. The third kappa shape index (κ3) is 0.767. The van der Waals surface area contributed by atoms with E-state index < -0.39 is 0 Å². The van der Waals surface area contributed by atoms with Gasteiger partial charge in [-0.1, -0.05) is 0 Å². The van der Waals surface area contributed by atoms with Gasteiger partial charge in [-0.05, 0) is 0 Å². The highest BCUT2D eigenvalue weighted by Crippen LogP contribution is 2.14. The van der Waals surface area contributed by atoms with Crippen LogP contribution in [-0.4, -0.2) is 23.4 Å². The lowest BCUT2D eigenvalue weighted by atomic mass is 10.4. The molecule has 1 aliphatic heterocycles. The zero-order valence-electron chi connectivity index (χ0n) is 4.42. The second kappa shape index (κ2) is 2.05. The highest BCUT2D eigenvalue weighted by atomic mass is 16.5. The van der Waals surface area contributed by atoms with Crippen molar-refractivity contribution in [2.24, 2.45) is 0 Å². The smallest absolute Gasteiger partial charge is 0.159 e. The molecule has 0 aromatic rings. The fourth-order valence-corrected chi connectivity index (χ4v) is 0.631. The lowest BCUT2D eigenvalue weighted by Crippen LogP contribution is -1.91. The molecular formula is C5H8O3. The first-order valence-electron chi connectivity index (χ1n) is 2.49. The Hall–Kier alpha value is -0.700. The van der Waals surface area contributed by atoms with Crippen LogP contribution in [0, 0.1) is 0 Å². The van der Waals surface area contributed by atoms with E-state index in [1.54, 1.807) is 0 Å². The summed E-state index contributed by atoms with van der Waals surface area (Å²) in [5.41, 5.74) is 0. The van der Waals surface area contributed by atoms with Gasteiger partial charge in [-0.25, -0.2) is 0 Å². The van der Waals surface area contributed by atoms with Crippen molar-refractivity contribution in [1.29, 1.82) is 0 Å². The van der Waals surface area contributed by atoms with Gasteiger partial charge < -0.3 is 14.9 Å². The van der Waals surface area contributed by atoms with Crippen LogP contribution >= 0.6 is 0 Å². The van der Waals surface area contributed by atoms with Gasteiger partial charge in [0, 0.05) is 6.42 Å². The van der Waals surface area contributed by atoms with E-state index in [4.69, 9.17) is 14.9 Å². The normalized spacial score (nSPS) is 19.1. The van der Waals surface area contributed by atoms with Crippen LogP contribution in [0.1, 0.15) is 6.42 Å². The molecule has 0 spiro atoms. The van der Waals surface area contributed by atoms with E-state index in [9.17, 15) is 0 Å². The average Bonchev–Trinajstić information content (AvgIpc) is 2.14. The third-order valence-electron chi connectivity index (χ3n) is 1.08. The van der Waals surface area contributed by atoms with Gasteiger partial charge in [0.25, 0.3) is 0 Å². The van der Waals surface area contributed by atoms with Crippen molar-refractivity contribution in [1.82, 2.24) is 0 Å². The second-order valence-corrected chi connectivity index (χ2v) is 1.63. The van der Waals surface area contributed by atoms with Gasteiger partial charge in [0.1, 0.15) is 12.4 Å². The minimum Gasteiger partial charge on any atom is -0.509 e. The summed E-state index contributed by atoms with van der Waals surface area (Å²) < 4.78 is 4.79. The Morgan fingerprint density at radius 1 is 1.62 bits per heavy atom. The maximum Gasteiger partial charge on any atom is 0.159 e. The van der Waals surface area contributed by atoms with Crippen LogP contribution in [0.5, 0.6) is 0 Å². The Bertz CT molecular complexity index is 117. The number of hydrogen-bond donors (Lipinski definition) is 2. The van der Waals surface area contributed by atoms with E-state index in [0.29, 0.717) is 18.8 Å². The molecule has 0 saturated heterocycles. The predicted molar refractivity (Wildman–Crippen MR) is 27.3 cm³/mol. The summed E-state index contributed by atoms with van der Waals surface area (Å²) in [6, 6.07) is 0. The third-order valence-corrected chi connectivity index (χ3v) is 1.08. The van der Waals surface area contributed by atoms with E-state index in [-0.39, 0.29) is 12.4 Å². The van der Waals surface area contributed by atoms with Crippen LogP contribution in [0.15, 0.2) is 11.5 Å². The van der Waals surface area contributed by atoms with Gasteiger partial charge in [0.05, 0.1) is 6.61 Å². The molecule has 2 N–H and O–H groups in total. The number of aliphatic hydroxyl groups is 2. The van der Waals surface area contributed by atoms with E-state index >= 15 is 0 Å². The Morgan fingerprint density at radius 3 is 2.62 bits per heavy atom. The van der Waals surface area contributed by atoms with Gasteiger partial charge >= 0.3 is 0 Å². The Morgan fingerprint density at radius 2 is 2.38 bits per heavy atom. The summed E-state index contributed by atoms with van der Waals surface area (Å²) >= 11 is 0. The Balaban J connectivity index is 2.58. The zero-order valence-corrected chi connectivity index (χ0v) is 4.42. The predicted octanol–water partition coefficient (Wildman–Crippen LogP) is 0.169. The summed E-state index contributed by atoms with van der Waals surface area (Å²) in [4.78, 5) is 0. The largest absolute Gasteiger partial charge is 0.509 e. The van der Waals surface area contributed by atoms with Crippen LogP contribution in [-0.2, 0) is 4.74 Å². The molecule has 0 atom stereocenters. The van der Waals surface area contributed by atoms with Crippen molar-refractivity contribution in [3.05, 3.63) is 11.5 Å². The Labute approximate surface area is 47.2 Å². The number of ether oxygens (including phenoxy) is 1. The number of hydrogen-bond acceptors (Lipinski definition) is 3. The topological polar surface area (TPSA) is 49.7 Å². The molecule has 0 aliphatic carbocycles. The standard InChI is InChI=1S/C5H8O3/c6-3-5-4(7)1-2-8-5/h6-7H,1-3H2. The zero-order chi connectivity index (χ0) is 5.98. The summed E-state index contributed by atoms with van der Waals surface area (Å²) in [7, 11) is 0. The fourth-order valence-electron chi connectivity index (χ4n) is 0.631. The van der Waals surface area contributed by atoms with Crippen LogP contribution in [0.3, 0.4) is 0 Å². The highest BCUT2D eigenvalue weighted by molar-refractivity contribution is 5.04. The molecule has 8 heavy (non-hydrogen) atoms. The molecule has 0 radical (unpaired) electrons. The molecule has 0 saturated carbocycles.